The number of hydrogen-bond acceptors (Lipinski definition) is 4. The average molecular weight is 348 g/mol. The van der Waals surface area contributed by atoms with Gasteiger partial charge in [-0.3, -0.25) is 9.78 Å². The Morgan fingerprint density at radius 1 is 1.23 bits per heavy atom. The molecule has 0 radical (unpaired) electrons. The van der Waals surface area contributed by atoms with Crippen LogP contribution in [0.15, 0.2) is 36.8 Å². The molecule has 0 aromatic carbocycles. The van der Waals surface area contributed by atoms with Crippen molar-refractivity contribution in [2.75, 3.05) is 5.32 Å². The minimum absolute atomic E-state index is 0.0715. The van der Waals surface area contributed by atoms with Gasteiger partial charge in [-0.25, -0.2) is 4.98 Å². The largest absolute Gasteiger partial charge is 0.488 e. The van der Waals surface area contributed by atoms with E-state index in [0.29, 0.717) is 11.9 Å². The Kier molecular flexibility index (Phi) is 3.45. The molecule has 2 aliphatic rings. The maximum Gasteiger partial charge on any atom is 0.228 e. The van der Waals surface area contributed by atoms with Crippen molar-refractivity contribution >= 4 is 22.6 Å². The topological polar surface area (TPSA) is 69.0 Å². The van der Waals surface area contributed by atoms with Gasteiger partial charge in [-0.2, -0.15) is 0 Å². The van der Waals surface area contributed by atoms with Crippen LogP contribution in [0.25, 0.3) is 22.2 Å². The standard InChI is InChI=1S/C20H20N4O2/c1-24-16(15-6-7-21-11-18(15)26-14-4-5-14)8-13-9-19(22-10-17(13)24)23-20(25)12-2-3-12/h6-12,14H,2-5H2,1H3,(H,22,23,25). The summed E-state index contributed by atoms with van der Waals surface area (Å²) in [5.41, 5.74) is 3.08. The highest BCUT2D eigenvalue weighted by atomic mass is 16.5. The number of carbonyl (C=O) groups excluding carboxylic acids is 1. The van der Waals surface area contributed by atoms with Crippen molar-refractivity contribution in [3.8, 4) is 17.0 Å². The van der Waals surface area contributed by atoms with Crippen LogP contribution in [0, 0.1) is 5.92 Å². The summed E-state index contributed by atoms with van der Waals surface area (Å²) in [6.07, 6.45) is 9.87. The van der Waals surface area contributed by atoms with Gasteiger partial charge in [0.25, 0.3) is 0 Å². The number of ether oxygens (including phenoxy) is 1. The lowest BCUT2D eigenvalue weighted by Gasteiger charge is -2.11. The minimum Gasteiger partial charge on any atom is -0.488 e. The van der Waals surface area contributed by atoms with Gasteiger partial charge in [0.2, 0.25) is 5.91 Å². The molecule has 1 N–H and O–H groups in total. The van der Waals surface area contributed by atoms with Crippen molar-refractivity contribution in [1.82, 2.24) is 14.5 Å². The highest BCUT2D eigenvalue weighted by Crippen LogP contribution is 2.36. The Morgan fingerprint density at radius 2 is 2.08 bits per heavy atom. The molecule has 6 heteroatoms. The Labute approximate surface area is 151 Å². The first-order chi connectivity index (χ1) is 12.7. The first kappa shape index (κ1) is 15.4. The summed E-state index contributed by atoms with van der Waals surface area (Å²) in [6, 6.07) is 6.02. The molecule has 1 amide bonds. The number of anilines is 1. The summed E-state index contributed by atoms with van der Waals surface area (Å²) in [5, 5.41) is 3.96. The molecule has 2 saturated carbocycles. The molecule has 26 heavy (non-hydrogen) atoms. The van der Waals surface area contributed by atoms with Gasteiger partial charge in [0.1, 0.15) is 11.6 Å². The molecule has 3 heterocycles. The fourth-order valence-corrected chi connectivity index (χ4v) is 3.19. The van der Waals surface area contributed by atoms with Gasteiger partial charge in [-0.1, -0.05) is 0 Å². The lowest BCUT2D eigenvalue weighted by atomic mass is 10.1. The Balaban J connectivity index is 1.52. The van der Waals surface area contributed by atoms with E-state index in [2.05, 4.69) is 25.9 Å². The predicted molar refractivity (Wildman–Crippen MR) is 98.9 cm³/mol. The van der Waals surface area contributed by atoms with Crippen LogP contribution in [0.1, 0.15) is 25.7 Å². The predicted octanol–water partition coefficient (Wildman–Crippen LogP) is 3.53. The zero-order valence-corrected chi connectivity index (χ0v) is 14.6. The molecule has 6 nitrogen and oxygen atoms in total. The lowest BCUT2D eigenvalue weighted by molar-refractivity contribution is -0.117. The average Bonchev–Trinajstić information content (AvgIpc) is 3.54. The van der Waals surface area contributed by atoms with Crippen LogP contribution in [-0.2, 0) is 11.8 Å². The van der Waals surface area contributed by atoms with E-state index in [0.717, 1.165) is 53.6 Å². The van der Waals surface area contributed by atoms with E-state index in [1.165, 1.54) is 0 Å². The zero-order valence-electron chi connectivity index (χ0n) is 14.6. The smallest absolute Gasteiger partial charge is 0.228 e. The summed E-state index contributed by atoms with van der Waals surface area (Å²) in [4.78, 5) is 20.6. The number of nitrogens with zero attached hydrogens (tertiary/aromatic N) is 3. The van der Waals surface area contributed by atoms with E-state index < -0.39 is 0 Å². The fraction of sp³-hybridized carbons (Fsp3) is 0.350. The van der Waals surface area contributed by atoms with E-state index in [1.807, 2.05) is 25.4 Å². The van der Waals surface area contributed by atoms with Crippen LogP contribution in [-0.4, -0.2) is 26.5 Å². The first-order valence-corrected chi connectivity index (χ1v) is 9.06. The molecule has 5 rings (SSSR count). The summed E-state index contributed by atoms with van der Waals surface area (Å²) in [7, 11) is 2.02. The Morgan fingerprint density at radius 3 is 2.85 bits per heavy atom. The molecule has 132 valence electrons. The molecule has 0 aliphatic heterocycles. The van der Waals surface area contributed by atoms with Crippen molar-refractivity contribution in [1.29, 1.82) is 0 Å². The molecule has 0 bridgehead atoms. The van der Waals surface area contributed by atoms with Crippen LogP contribution >= 0.6 is 0 Å². The first-order valence-electron chi connectivity index (χ1n) is 9.06. The summed E-state index contributed by atoms with van der Waals surface area (Å²) >= 11 is 0. The Hall–Kier alpha value is -2.89. The normalized spacial score (nSPS) is 16.7. The van der Waals surface area contributed by atoms with Crippen LogP contribution in [0.5, 0.6) is 5.75 Å². The molecule has 3 aromatic rings. The van der Waals surface area contributed by atoms with E-state index >= 15 is 0 Å². The van der Waals surface area contributed by atoms with Gasteiger partial charge in [0.15, 0.2) is 0 Å². The van der Waals surface area contributed by atoms with Crippen molar-refractivity contribution in [3.05, 3.63) is 36.8 Å². The van der Waals surface area contributed by atoms with Crippen LogP contribution in [0.3, 0.4) is 0 Å². The molecule has 2 aliphatic carbocycles. The van der Waals surface area contributed by atoms with Crippen molar-refractivity contribution in [2.24, 2.45) is 13.0 Å². The maximum atomic E-state index is 12.0. The molecular weight excluding hydrogens is 328 g/mol. The van der Waals surface area contributed by atoms with Gasteiger partial charge in [-0.15, -0.1) is 0 Å². The highest BCUT2D eigenvalue weighted by Gasteiger charge is 2.30. The number of amides is 1. The van der Waals surface area contributed by atoms with Crippen LogP contribution in [0.4, 0.5) is 5.82 Å². The van der Waals surface area contributed by atoms with Crippen LogP contribution in [0.2, 0.25) is 0 Å². The number of nitrogens with one attached hydrogen (secondary N) is 1. The number of aryl methyl sites for hydroxylation is 1. The number of carbonyl (C=O) groups is 1. The molecular formula is C20H20N4O2. The molecule has 0 spiro atoms. The highest BCUT2D eigenvalue weighted by molar-refractivity contribution is 5.96. The van der Waals surface area contributed by atoms with Gasteiger partial charge in [0, 0.05) is 30.1 Å². The SMILES string of the molecule is Cn1c(-c2ccncc2OC2CC2)cc2cc(NC(=O)C3CC3)ncc21. The van der Waals surface area contributed by atoms with Crippen molar-refractivity contribution < 1.29 is 9.53 Å². The van der Waals surface area contributed by atoms with E-state index in [1.54, 1.807) is 12.4 Å². The number of rotatable bonds is 5. The Bertz CT molecular complexity index is 1000. The minimum atomic E-state index is 0.0715. The number of hydrogen-bond donors (Lipinski definition) is 1. The maximum absolute atomic E-state index is 12.0. The molecule has 3 aromatic heterocycles. The molecule has 2 fully saturated rings. The molecule has 0 saturated heterocycles. The second-order valence-electron chi connectivity index (χ2n) is 7.17. The monoisotopic (exact) mass is 348 g/mol. The van der Waals surface area contributed by atoms with Crippen molar-refractivity contribution in [3.63, 3.8) is 0 Å². The van der Waals surface area contributed by atoms with Gasteiger partial charge in [0.05, 0.1) is 29.7 Å². The molecule has 0 atom stereocenters. The third kappa shape index (κ3) is 2.81. The fourth-order valence-electron chi connectivity index (χ4n) is 3.19. The third-order valence-corrected chi connectivity index (χ3v) is 5.01. The van der Waals surface area contributed by atoms with Gasteiger partial charge in [-0.05, 0) is 43.9 Å². The second kappa shape index (κ2) is 5.83. The lowest BCUT2D eigenvalue weighted by Crippen LogP contribution is -2.14. The van der Waals surface area contributed by atoms with E-state index in [9.17, 15) is 4.79 Å². The van der Waals surface area contributed by atoms with Gasteiger partial charge < -0.3 is 14.6 Å². The van der Waals surface area contributed by atoms with E-state index in [4.69, 9.17) is 4.74 Å². The summed E-state index contributed by atoms with van der Waals surface area (Å²) in [5.74, 6) is 1.66. The van der Waals surface area contributed by atoms with Crippen molar-refractivity contribution in [2.45, 2.75) is 31.8 Å². The third-order valence-electron chi connectivity index (χ3n) is 5.01. The number of aromatic nitrogens is 3. The second-order valence-corrected chi connectivity index (χ2v) is 7.17. The summed E-state index contributed by atoms with van der Waals surface area (Å²) in [6.45, 7) is 0. The quantitative estimate of drug-likeness (QED) is 0.766. The van der Waals surface area contributed by atoms with Gasteiger partial charge >= 0.3 is 0 Å². The van der Waals surface area contributed by atoms with Crippen LogP contribution < -0.4 is 10.1 Å². The van der Waals surface area contributed by atoms with E-state index in [-0.39, 0.29) is 11.8 Å². The summed E-state index contributed by atoms with van der Waals surface area (Å²) < 4.78 is 8.12. The zero-order chi connectivity index (χ0) is 17.7. The number of pyridine rings is 2. The number of fused-ring (bicyclic) bond motifs is 1. The molecule has 0 unspecified atom stereocenters.